The molecule has 0 spiro atoms. The third-order valence-corrected chi connectivity index (χ3v) is 4.95. The fourth-order valence-corrected chi connectivity index (χ4v) is 3.39. The highest BCUT2D eigenvalue weighted by molar-refractivity contribution is 6.39. The molecule has 1 aliphatic carbocycles. The maximum Gasteiger partial charge on any atom is 0.313 e. The summed E-state index contributed by atoms with van der Waals surface area (Å²) in [6.45, 7) is 9.43. The van der Waals surface area contributed by atoms with Gasteiger partial charge >= 0.3 is 11.8 Å². The summed E-state index contributed by atoms with van der Waals surface area (Å²) < 4.78 is 1.82. The summed E-state index contributed by atoms with van der Waals surface area (Å²) in [6, 6.07) is 0.0718. The first-order valence-corrected chi connectivity index (χ1v) is 8.86. The zero-order valence-corrected chi connectivity index (χ0v) is 14.8. The number of carbonyl (C=O) groups is 2. The van der Waals surface area contributed by atoms with E-state index in [0.29, 0.717) is 5.69 Å². The lowest BCUT2D eigenvalue weighted by atomic mass is 10.2. The molecule has 2 N–H and O–H groups in total. The Bertz CT molecular complexity index is 635. The maximum absolute atomic E-state index is 12.2. The minimum absolute atomic E-state index is 0.0718. The Labute approximate surface area is 142 Å². The number of aromatic nitrogens is 2. The highest BCUT2D eigenvalue weighted by atomic mass is 16.2. The van der Waals surface area contributed by atoms with E-state index < -0.39 is 11.8 Å². The predicted molar refractivity (Wildman–Crippen MR) is 91.7 cm³/mol. The first-order valence-electron chi connectivity index (χ1n) is 8.86. The number of carbonyl (C=O) groups excluding carboxylic acids is 2. The summed E-state index contributed by atoms with van der Waals surface area (Å²) in [4.78, 5) is 26.8. The molecule has 2 amide bonds. The monoisotopic (exact) mass is 333 g/mol. The fraction of sp³-hybridized carbons (Fsp3) is 0.706. The summed E-state index contributed by atoms with van der Waals surface area (Å²) in [6.07, 6.45) is 3.58. The Kier molecular flexibility index (Phi) is 4.89. The second kappa shape index (κ2) is 6.93. The van der Waals surface area contributed by atoms with Crippen LogP contribution < -0.4 is 10.6 Å². The van der Waals surface area contributed by atoms with Gasteiger partial charge in [0, 0.05) is 32.2 Å². The molecule has 1 aromatic rings. The van der Waals surface area contributed by atoms with Gasteiger partial charge in [-0.15, -0.1) is 0 Å². The maximum atomic E-state index is 12.2. The standard InChI is InChI=1S/C17H27N5O2/c1-4-22-12(3)15(11(2)20-22)19-17(24)16(23)18-14-7-8-21(10-14)9-13-5-6-13/h13-14H,4-10H2,1-3H3,(H,18,23)(H,19,24)/t14-/m0/s1. The predicted octanol–water partition coefficient (Wildman–Crippen LogP) is 1.06. The Balaban J connectivity index is 1.52. The minimum Gasteiger partial charge on any atom is -0.344 e. The number of hydrogen-bond acceptors (Lipinski definition) is 4. The smallest absolute Gasteiger partial charge is 0.313 e. The van der Waals surface area contributed by atoms with Gasteiger partial charge in [-0.25, -0.2) is 0 Å². The number of likely N-dealkylation sites (tertiary alicyclic amines) is 1. The largest absolute Gasteiger partial charge is 0.344 e. The van der Waals surface area contributed by atoms with Gasteiger partial charge < -0.3 is 15.5 Å². The van der Waals surface area contributed by atoms with Crippen LogP contribution >= 0.6 is 0 Å². The molecule has 1 aromatic heterocycles. The minimum atomic E-state index is -0.613. The van der Waals surface area contributed by atoms with Crippen LogP contribution in [0.1, 0.15) is 37.6 Å². The van der Waals surface area contributed by atoms with E-state index in [1.807, 2.05) is 25.5 Å². The molecule has 2 heterocycles. The van der Waals surface area contributed by atoms with E-state index in [-0.39, 0.29) is 6.04 Å². The lowest BCUT2D eigenvalue weighted by molar-refractivity contribution is -0.136. The number of hydrogen-bond donors (Lipinski definition) is 2. The molecule has 2 aliphatic rings. The third-order valence-electron chi connectivity index (χ3n) is 4.95. The van der Waals surface area contributed by atoms with Gasteiger partial charge in [0.25, 0.3) is 0 Å². The molecule has 2 fully saturated rings. The van der Waals surface area contributed by atoms with Crippen molar-refractivity contribution in [2.75, 3.05) is 25.0 Å². The van der Waals surface area contributed by atoms with E-state index >= 15 is 0 Å². The summed E-state index contributed by atoms with van der Waals surface area (Å²) in [5.41, 5.74) is 2.23. The summed E-state index contributed by atoms with van der Waals surface area (Å²) in [5, 5.41) is 9.93. The normalized spacial score (nSPS) is 21.0. The van der Waals surface area contributed by atoms with Crippen molar-refractivity contribution in [3.8, 4) is 0 Å². The van der Waals surface area contributed by atoms with Crippen molar-refractivity contribution in [2.45, 2.75) is 52.6 Å². The molecule has 1 saturated carbocycles. The SMILES string of the molecule is CCn1nc(C)c(NC(=O)C(=O)N[C@H]2CCN(CC3CC3)C2)c1C. The van der Waals surface area contributed by atoms with Gasteiger partial charge in [0.2, 0.25) is 0 Å². The molecule has 1 saturated heterocycles. The van der Waals surface area contributed by atoms with Gasteiger partial charge in [-0.05, 0) is 46.0 Å². The Morgan fingerprint density at radius 2 is 1.96 bits per heavy atom. The number of rotatable bonds is 5. The van der Waals surface area contributed by atoms with Crippen LogP contribution in [0, 0.1) is 19.8 Å². The zero-order chi connectivity index (χ0) is 17.3. The average molecular weight is 333 g/mol. The van der Waals surface area contributed by atoms with Crippen LogP contribution in [0.15, 0.2) is 0 Å². The van der Waals surface area contributed by atoms with Crippen LogP contribution in [-0.2, 0) is 16.1 Å². The second-order valence-electron chi connectivity index (χ2n) is 6.98. The Morgan fingerprint density at radius 3 is 2.58 bits per heavy atom. The van der Waals surface area contributed by atoms with E-state index in [4.69, 9.17) is 0 Å². The van der Waals surface area contributed by atoms with Crippen LogP contribution in [0.5, 0.6) is 0 Å². The lowest BCUT2D eigenvalue weighted by Crippen LogP contribution is -2.43. The second-order valence-corrected chi connectivity index (χ2v) is 6.98. The quantitative estimate of drug-likeness (QED) is 0.790. The van der Waals surface area contributed by atoms with Gasteiger partial charge in [0.15, 0.2) is 0 Å². The molecule has 0 bridgehead atoms. The molecule has 1 atom stereocenters. The van der Waals surface area contributed by atoms with Crippen LogP contribution in [-0.4, -0.2) is 52.2 Å². The number of anilines is 1. The van der Waals surface area contributed by atoms with Gasteiger partial charge in [-0.3, -0.25) is 14.3 Å². The van der Waals surface area contributed by atoms with E-state index in [1.54, 1.807) is 0 Å². The van der Waals surface area contributed by atoms with Gasteiger partial charge in [0.05, 0.1) is 17.1 Å². The Morgan fingerprint density at radius 1 is 1.21 bits per heavy atom. The van der Waals surface area contributed by atoms with Crippen molar-refractivity contribution in [3.05, 3.63) is 11.4 Å². The van der Waals surface area contributed by atoms with Gasteiger partial charge in [-0.2, -0.15) is 5.10 Å². The molecule has 3 rings (SSSR count). The molecule has 0 aromatic carbocycles. The van der Waals surface area contributed by atoms with Crippen molar-refractivity contribution >= 4 is 17.5 Å². The number of amides is 2. The molecular formula is C17H27N5O2. The van der Waals surface area contributed by atoms with Gasteiger partial charge in [-0.1, -0.05) is 0 Å². The van der Waals surface area contributed by atoms with E-state index in [2.05, 4.69) is 20.6 Å². The van der Waals surface area contributed by atoms with Crippen molar-refractivity contribution < 1.29 is 9.59 Å². The molecule has 1 aliphatic heterocycles. The molecule has 7 nitrogen and oxygen atoms in total. The fourth-order valence-electron chi connectivity index (χ4n) is 3.39. The third kappa shape index (κ3) is 3.77. The molecular weight excluding hydrogens is 306 g/mol. The highest BCUT2D eigenvalue weighted by Crippen LogP contribution is 2.30. The summed E-state index contributed by atoms with van der Waals surface area (Å²) >= 11 is 0. The molecule has 132 valence electrons. The average Bonchev–Trinajstić information content (AvgIpc) is 3.19. The Hall–Kier alpha value is -1.89. The van der Waals surface area contributed by atoms with Crippen molar-refractivity contribution in [1.29, 1.82) is 0 Å². The van der Waals surface area contributed by atoms with Crippen LogP contribution in [0.4, 0.5) is 5.69 Å². The van der Waals surface area contributed by atoms with E-state index in [9.17, 15) is 9.59 Å². The van der Waals surface area contributed by atoms with Crippen LogP contribution in [0.3, 0.4) is 0 Å². The zero-order valence-electron chi connectivity index (χ0n) is 14.8. The first kappa shape index (κ1) is 17.0. The molecule has 7 heteroatoms. The van der Waals surface area contributed by atoms with E-state index in [0.717, 1.165) is 49.9 Å². The van der Waals surface area contributed by atoms with Crippen molar-refractivity contribution in [2.24, 2.45) is 5.92 Å². The summed E-state index contributed by atoms with van der Waals surface area (Å²) in [5.74, 6) is -0.322. The van der Waals surface area contributed by atoms with Gasteiger partial charge in [0.1, 0.15) is 0 Å². The van der Waals surface area contributed by atoms with Crippen LogP contribution in [0.2, 0.25) is 0 Å². The number of nitrogens with one attached hydrogen (secondary N) is 2. The van der Waals surface area contributed by atoms with Crippen LogP contribution in [0.25, 0.3) is 0 Å². The molecule has 0 radical (unpaired) electrons. The lowest BCUT2D eigenvalue weighted by Gasteiger charge is -2.16. The topological polar surface area (TPSA) is 79.3 Å². The number of aryl methyl sites for hydroxylation is 2. The molecule has 0 unspecified atom stereocenters. The number of nitrogens with zero attached hydrogens (tertiary/aromatic N) is 3. The van der Waals surface area contributed by atoms with Crippen molar-refractivity contribution in [1.82, 2.24) is 20.0 Å². The summed E-state index contributed by atoms with van der Waals surface area (Å²) in [7, 11) is 0. The van der Waals surface area contributed by atoms with Crippen molar-refractivity contribution in [3.63, 3.8) is 0 Å². The highest BCUT2D eigenvalue weighted by Gasteiger charge is 2.30. The first-order chi connectivity index (χ1) is 11.5. The van der Waals surface area contributed by atoms with E-state index in [1.165, 1.54) is 12.8 Å². The molecule has 24 heavy (non-hydrogen) atoms.